The molecule has 0 radical (unpaired) electrons. The third-order valence-corrected chi connectivity index (χ3v) is 5.51. The number of hydrogen-bond acceptors (Lipinski definition) is 4. The van der Waals surface area contributed by atoms with E-state index in [1.807, 2.05) is 30.0 Å². The molecule has 1 aromatic carbocycles. The summed E-state index contributed by atoms with van der Waals surface area (Å²) in [7, 11) is 0. The second-order valence-corrected chi connectivity index (χ2v) is 7.40. The van der Waals surface area contributed by atoms with Gasteiger partial charge in [-0.15, -0.1) is 0 Å². The van der Waals surface area contributed by atoms with Gasteiger partial charge in [-0.25, -0.2) is 4.39 Å². The molecule has 1 fully saturated rings. The molecule has 1 saturated heterocycles. The van der Waals surface area contributed by atoms with E-state index >= 15 is 0 Å². The zero-order valence-electron chi connectivity index (χ0n) is 15.0. The van der Waals surface area contributed by atoms with Gasteiger partial charge in [-0.2, -0.15) is 0 Å². The molecule has 0 spiro atoms. The number of piperidine rings is 1. The van der Waals surface area contributed by atoms with E-state index in [4.69, 9.17) is 9.47 Å². The average molecular weight is 416 g/mol. The number of carbonyl (C=O) groups is 1. The first-order valence-corrected chi connectivity index (χ1v) is 9.67. The van der Waals surface area contributed by atoms with Crippen molar-refractivity contribution >= 4 is 21.9 Å². The highest BCUT2D eigenvalue weighted by molar-refractivity contribution is 9.10. The normalized spacial score (nSPS) is 17.3. The van der Waals surface area contributed by atoms with Crippen LogP contribution in [-0.4, -0.2) is 49.4 Å². The Morgan fingerprint density at radius 1 is 1.36 bits per heavy atom. The van der Waals surface area contributed by atoms with Crippen LogP contribution in [0.3, 0.4) is 0 Å². The Morgan fingerprint density at radius 3 is 2.76 bits per heavy atom. The summed E-state index contributed by atoms with van der Waals surface area (Å²) in [6.45, 7) is 6.14. The average Bonchev–Trinajstić information content (AvgIpc) is 2.58. The van der Waals surface area contributed by atoms with Gasteiger partial charge in [0.25, 0.3) is 0 Å². The number of carbonyl (C=O) groups excluding carboxylic acids is 1. The van der Waals surface area contributed by atoms with Crippen LogP contribution in [0.4, 0.5) is 4.39 Å². The van der Waals surface area contributed by atoms with Gasteiger partial charge in [-0.1, -0.05) is 22.0 Å². The molecule has 6 heteroatoms. The Bertz CT molecular complexity index is 574. The second kappa shape index (κ2) is 9.53. The molecule has 0 aromatic heterocycles. The van der Waals surface area contributed by atoms with Gasteiger partial charge in [0.05, 0.1) is 19.8 Å². The van der Waals surface area contributed by atoms with E-state index in [-0.39, 0.29) is 12.5 Å². The maximum Gasteiger partial charge on any atom is 0.320 e. The topological polar surface area (TPSA) is 38.8 Å². The fourth-order valence-corrected chi connectivity index (χ4v) is 3.41. The number of ether oxygens (including phenoxy) is 2. The third kappa shape index (κ3) is 6.26. The summed E-state index contributed by atoms with van der Waals surface area (Å²) in [5, 5.41) is 0. The van der Waals surface area contributed by atoms with E-state index in [0.717, 1.165) is 15.8 Å². The zero-order valence-corrected chi connectivity index (χ0v) is 16.6. The molecular formula is C19H27BrFNO3. The van der Waals surface area contributed by atoms with Crippen molar-refractivity contribution in [2.75, 3.05) is 32.8 Å². The quantitative estimate of drug-likeness (QED) is 0.468. The minimum Gasteiger partial charge on any atom is -0.493 e. The minimum atomic E-state index is -1.15. The van der Waals surface area contributed by atoms with Gasteiger partial charge in [0, 0.05) is 23.1 Å². The van der Waals surface area contributed by atoms with Crippen molar-refractivity contribution in [3.05, 3.63) is 28.2 Å². The fourth-order valence-electron chi connectivity index (χ4n) is 3.07. The number of likely N-dealkylation sites (tertiary alicyclic amines) is 1. The van der Waals surface area contributed by atoms with E-state index in [1.54, 1.807) is 6.92 Å². The highest BCUT2D eigenvalue weighted by atomic mass is 79.9. The highest BCUT2D eigenvalue weighted by Crippen LogP contribution is 2.31. The van der Waals surface area contributed by atoms with Gasteiger partial charge in [0.1, 0.15) is 11.4 Å². The van der Waals surface area contributed by atoms with Crippen molar-refractivity contribution in [1.29, 1.82) is 0 Å². The maximum absolute atomic E-state index is 14.9. The van der Waals surface area contributed by atoms with Crippen LogP contribution < -0.4 is 4.74 Å². The molecule has 0 saturated carbocycles. The summed E-state index contributed by atoms with van der Waals surface area (Å²) in [6, 6.07) is 5.84. The monoisotopic (exact) mass is 415 g/mol. The first-order valence-electron chi connectivity index (χ1n) is 8.88. The number of benzene rings is 1. The van der Waals surface area contributed by atoms with Crippen molar-refractivity contribution in [3.8, 4) is 5.75 Å². The van der Waals surface area contributed by atoms with Gasteiger partial charge >= 0.3 is 5.97 Å². The van der Waals surface area contributed by atoms with Gasteiger partial charge in [0.2, 0.25) is 0 Å². The lowest BCUT2D eigenvalue weighted by Gasteiger charge is -2.36. The number of rotatable bonds is 8. The standard InChI is InChI=1S/C19H27BrFNO3/c1-3-24-18(23)14-22-11-9-19(21,10-12-22)8-5-13-25-17-7-4-6-16(20)15(17)2/h4,6-7H,3,5,8-14H2,1-2H3. The van der Waals surface area contributed by atoms with Crippen LogP contribution >= 0.6 is 15.9 Å². The predicted molar refractivity (Wildman–Crippen MR) is 99.8 cm³/mol. The van der Waals surface area contributed by atoms with Crippen molar-refractivity contribution in [2.45, 2.75) is 45.2 Å². The maximum atomic E-state index is 14.9. The molecule has 2 rings (SSSR count). The third-order valence-electron chi connectivity index (χ3n) is 4.65. The molecule has 0 amide bonds. The van der Waals surface area contributed by atoms with Gasteiger partial charge in [0.15, 0.2) is 0 Å². The molecule has 0 atom stereocenters. The SMILES string of the molecule is CCOC(=O)CN1CCC(F)(CCCOc2cccc(Br)c2C)CC1. The molecule has 1 aliphatic heterocycles. The van der Waals surface area contributed by atoms with Crippen LogP contribution in [0.15, 0.2) is 22.7 Å². The van der Waals surface area contributed by atoms with Gasteiger partial charge < -0.3 is 9.47 Å². The van der Waals surface area contributed by atoms with Gasteiger partial charge in [-0.05, 0) is 51.7 Å². The van der Waals surface area contributed by atoms with E-state index in [2.05, 4.69) is 15.9 Å². The van der Waals surface area contributed by atoms with Crippen LogP contribution in [0, 0.1) is 6.92 Å². The van der Waals surface area contributed by atoms with Crippen LogP contribution in [0.2, 0.25) is 0 Å². The van der Waals surface area contributed by atoms with Crippen LogP contribution in [0.5, 0.6) is 5.75 Å². The molecule has 1 heterocycles. The second-order valence-electron chi connectivity index (χ2n) is 6.55. The van der Waals surface area contributed by atoms with E-state index < -0.39 is 5.67 Å². The number of nitrogens with zero attached hydrogens (tertiary/aromatic N) is 1. The smallest absolute Gasteiger partial charge is 0.320 e. The molecule has 1 aromatic rings. The van der Waals surface area contributed by atoms with E-state index in [1.165, 1.54) is 0 Å². The van der Waals surface area contributed by atoms with Crippen LogP contribution in [0.25, 0.3) is 0 Å². The summed E-state index contributed by atoms with van der Waals surface area (Å²) < 4.78 is 26.6. The summed E-state index contributed by atoms with van der Waals surface area (Å²) in [5.74, 6) is 0.609. The number of alkyl halides is 1. The molecule has 1 aliphatic rings. The minimum absolute atomic E-state index is 0.230. The lowest BCUT2D eigenvalue weighted by molar-refractivity contribution is -0.145. The van der Waals surface area contributed by atoms with E-state index in [9.17, 15) is 9.18 Å². The van der Waals surface area contributed by atoms with Crippen molar-refractivity contribution < 1.29 is 18.7 Å². The highest BCUT2D eigenvalue weighted by Gasteiger charge is 2.34. The zero-order chi connectivity index (χ0) is 18.3. The largest absolute Gasteiger partial charge is 0.493 e. The fraction of sp³-hybridized carbons (Fsp3) is 0.632. The van der Waals surface area contributed by atoms with Gasteiger partial charge in [-0.3, -0.25) is 9.69 Å². The van der Waals surface area contributed by atoms with E-state index in [0.29, 0.717) is 52.0 Å². The van der Waals surface area contributed by atoms with Crippen molar-refractivity contribution in [3.63, 3.8) is 0 Å². The van der Waals surface area contributed by atoms with Crippen LogP contribution in [0.1, 0.15) is 38.2 Å². The molecular weight excluding hydrogens is 389 g/mol. The summed E-state index contributed by atoms with van der Waals surface area (Å²) >= 11 is 3.48. The molecule has 0 N–H and O–H groups in total. The lowest BCUT2D eigenvalue weighted by atomic mass is 9.89. The lowest BCUT2D eigenvalue weighted by Crippen LogP contribution is -2.44. The summed E-state index contributed by atoms with van der Waals surface area (Å²) in [5.41, 5.74) is -0.0920. The van der Waals surface area contributed by atoms with Crippen molar-refractivity contribution in [1.82, 2.24) is 4.90 Å². The Labute approximate surface area is 157 Å². The first kappa shape index (κ1) is 20.2. The Balaban J connectivity index is 1.69. The summed E-state index contributed by atoms with van der Waals surface area (Å²) in [6.07, 6.45) is 2.10. The number of hydrogen-bond donors (Lipinski definition) is 0. The van der Waals surface area contributed by atoms with Crippen molar-refractivity contribution in [2.24, 2.45) is 0 Å². The van der Waals surface area contributed by atoms with Crippen LogP contribution in [-0.2, 0) is 9.53 Å². The molecule has 140 valence electrons. The number of esters is 1. The first-order chi connectivity index (χ1) is 11.9. The number of halogens is 2. The Hall–Kier alpha value is -1.14. The predicted octanol–water partition coefficient (Wildman–Crippen LogP) is 4.28. The molecule has 0 bridgehead atoms. The molecule has 25 heavy (non-hydrogen) atoms. The Kier molecular flexibility index (Phi) is 7.69. The molecule has 0 aliphatic carbocycles. The summed E-state index contributed by atoms with van der Waals surface area (Å²) in [4.78, 5) is 13.5. The Morgan fingerprint density at radius 2 is 2.08 bits per heavy atom. The molecule has 0 unspecified atom stereocenters. The molecule has 4 nitrogen and oxygen atoms in total.